The van der Waals surface area contributed by atoms with E-state index in [4.69, 9.17) is 9.05 Å². The van der Waals surface area contributed by atoms with Crippen LogP contribution >= 0.6 is 7.60 Å². The summed E-state index contributed by atoms with van der Waals surface area (Å²) in [6, 6.07) is 5.64. The van der Waals surface area contributed by atoms with Crippen molar-refractivity contribution in [3.63, 3.8) is 0 Å². The van der Waals surface area contributed by atoms with E-state index >= 15 is 0 Å². The maximum absolute atomic E-state index is 14.4. The van der Waals surface area contributed by atoms with Gasteiger partial charge in [-0.05, 0) is 57.0 Å². The molecular weight excluding hydrogens is 309 g/mol. The largest absolute Gasteiger partial charge is 0.389 e. The van der Waals surface area contributed by atoms with Crippen molar-refractivity contribution in [3.05, 3.63) is 52.9 Å². The second-order valence-corrected chi connectivity index (χ2v) is 6.66. The van der Waals surface area contributed by atoms with Gasteiger partial charge in [-0.3, -0.25) is 4.57 Å². The molecule has 1 aromatic rings. The van der Waals surface area contributed by atoms with Crippen molar-refractivity contribution < 1.29 is 22.4 Å². The second kappa shape index (κ2) is 8.37. The minimum atomic E-state index is -3.95. The number of benzene rings is 1. The molecule has 1 aromatic carbocycles. The predicted octanol–water partition coefficient (Wildman–Crippen LogP) is 5.70. The molecule has 6 heteroatoms. The highest BCUT2D eigenvalue weighted by atomic mass is 31.2. The molecule has 0 radical (unpaired) electrons. The predicted molar refractivity (Wildman–Crippen MR) is 84.7 cm³/mol. The molecule has 0 aliphatic rings. The van der Waals surface area contributed by atoms with Crippen LogP contribution in [0, 0.1) is 5.82 Å². The normalized spacial score (nSPS) is 12.4. The van der Waals surface area contributed by atoms with Gasteiger partial charge < -0.3 is 9.05 Å². The van der Waals surface area contributed by atoms with Crippen LogP contribution in [-0.2, 0) is 13.6 Å². The third-order valence-electron chi connectivity index (χ3n) is 2.82. The maximum atomic E-state index is 14.4. The summed E-state index contributed by atoms with van der Waals surface area (Å²) in [5.41, 5.74) is 0.964. The van der Waals surface area contributed by atoms with Crippen LogP contribution in [0.15, 0.2) is 41.5 Å². The van der Waals surface area contributed by atoms with Gasteiger partial charge >= 0.3 is 7.60 Å². The van der Waals surface area contributed by atoms with Gasteiger partial charge in [0.2, 0.25) is 5.57 Å². The molecular formula is C16H21F2O3P. The highest BCUT2D eigenvalue weighted by Gasteiger charge is 2.30. The Balaban J connectivity index is 3.26. The summed E-state index contributed by atoms with van der Waals surface area (Å²) in [5.74, 6) is -0.379. The van der Waals surface area contributed by atoms with Gasteiger partial charge in [-0.1, -0.05) is 17.7 Å². The highest BCUT2D eigenvalue weighted by molar-refractivity contribution is 7.58. The lowest BCUT2D eigenvalue weighted by molar-refractivity contribution is 0.220. The van der Waals surface area contributed by atoms with Crippen molar-refractivity contribution in [2.45, 2.75) is 27.7 Å². The van der Waals surface area contributed by atoms with Crippen LogP contribution in [0.4, 0.5) is 8.78 Å². The Kier molecular flexibility index (Phi) is 7.14. The van der Waals surface area contributed by atoms with Crippen LogP contribution in [-0.4, -0.2) is 13.2 Å². The van der Waals surface area contributed by atoms with Gasteiger partial charge in [0.1, 0.15) is 5.82 Å². The molecule has 22 heavy (non-hydrogen) atoms. The fraction of sp³-hybridized carbons (Fsp3) is 0.375. The summed E-state index contributed by atoms with van der Waals surface area (Å²) in [4.78, 5) is 0. The van der Waals surface area contributed by atoms with E-state index in [1.165, 1.54) is 24.3 Å². The lowest BCUT2D eigenvalue weighted by Gasteiger charge is -2.15. The van der Waals surface area contributed by atoms with E-state index in [-0.39, 0.29) is 19.0 Å². The van der Waals surface area contributed by atoms with Crippen molar-refractivity contribution in [3.8, 4) is 0 Å². The first-order chi connectivity index (χ1) is 10.3. The first-order valence-electron chi connectivity index (χ1n) is 7.04. The summed E-state index contributed by atoms with van der Waals surface area (Å²) in [7, 11) is -3.95. The number of hydrogen-bond donors (Lipinski definition) is 0. The van der Waals surface area contributed by atoms with E-state index in [0.29, 0.717) is 11.1 Å². The van der Waals surface area contributed by atoms with E-state index in [1.807, 2.05) is 0 Å². The Morgan fingerprint density at radius 3 is 2.05 bits per heavy atom. The third kappa shape index (κ3) is 4.87. The fourth-order valence-corrected chi connectivity index (χ4v) is 3.13. The van der Waals surface area contributed by atoms with Crippen molar-refractivity contribution in [1.82, 2.24) is 0 Å². The molecule has 0 saturated heterocycles. The van der Waals surface area contributed by atoms with Gasteiger partial charge in [0, 0.05) is 0 Å². The molecule has 122 valence electrons. The zero-order valence-corrected chi connectivity index (χ0v) is 14.1. The monoisotopic (exact) mass is 330 g/mol. The summed E-state index contributed by atoms with van der Waals surface area (Å²) in [6.45, 7) is 6.93. The standard InChI is InChI=1S/C16H21F2O3P/c1-5-20-22(19,21-6-2)16(18)11-15(12(3)4)13-7-9-14(17)10-8-13/h7-11H,5-6H2,1-4H3/b16-11+. The van der Waals surface area contributed by atoms with Gasteiger partial charge in [0.15, 0.2) is 0 Å². The van der Waals surface area contributed by atoms with Gasteiger partial charge in [0.25, 0.3) is 0 Å². The number of allylic oxidation sites excluding steroid dienone is 3. The van der Waals surface area contributed by atoms with Crippen molar-refractivity contribution in [2.24, 2.45) is 0 Å². The average Bonchev–Trinajstić information content (AvgIpc) is 2.45. The lowest BCUT2D eigenvalue weighted by atomic mass is 10.0. The smallest absolute Gasteiger partial charge is 0.304 e. The van der Waals surface area contributed by atoms with Gasteiger partial charge in [-0.15, -0.1) is 0 Å². The fourth-order valence-electron chi connectivity index (χ4n) is 1.84. The molecule has 0 bridgehead atoms. The minimum Gasteiger partial charge on any atom is -0.304 e. The summed E-state index contributed by atoms with van der Waals surface area (Å²) >= 11 is 0. The van der Waals surface area contributed by atoms with Crippen LogP contribution < -0.4 is 0 Å². The molecule has 0 N–H and O–H groups in total. The molecule has 0 atom stereocenters. The lowest BCUT2D eigenvalue weighted by Crippen LogP contribution is -1.97. The minimum absolute atomic E-state index is 0.0687. The highest BCUT2D eigenvalue weighted by Crippen LogP contribution is 2.57. The zero-order chi connectivity index (χ0) is 16.8. The van der Waals surface area contributed by atoms with Gasteiger partial charge in [0.05, 0.1) is 13.2 Å². The van der Waals surface area contributed by atoms with Gasteiger partial charge in [-0.2, -0.15) is 4.39 Å². The maximum Gasteiger partial charge on any atom is 0.389 e. The molecule has 0 amide bonds. The number of rotatable bonds is 7. The molecule has 3 nitrogen and oxygen atoms in total. The van der Waals surface area contributed by atoms with E-state index in [2.05, 4.69) is 0 Å². The Labute approximate surface area is 130 Å². The zero-order valence-electron chi connectivity index (χ0n) is 13.2. The number of hydrogen-bond acceptors (Lipinski definition) is 3. The first kappa shape index (κ1) is 18.8. The summed E-state index contributed by atoms with van der Waals surface area (Å²) in [5, 5.41) is 0. The SMILES string of the molecule is CCOP(=O)(OCC)/C(F)=C/C(=C(C)C)c1ccc(F)cc1. The summed E-state index contributed by atoms with van der Waals surface area (Å²) < 4.78 is 49.8. The molecule has 0 saturated carbocycles. The molecule has 0 unspecified atom stereocenters. The van der Waals surface area contributed by atoms with Crippen molar-refractivity contribution >= 4 is 13.2 Å². The Morgan fingerprint density at radius 2 is 1.64 bits per heavy atom. The van der Waals surface area contributed by atoms with E-state index in [9.17, 15) is 13.3 Å². The molecule has 0 heterocycles. The molecule has 0 spiro atoms. The Morgan fingerprint density at radius 1 is 1.14 bits per heavy atom. The van der Waals surface area contributed by atoms with Crippen LogP contribution in [0.1, 0.15) is 33.3 Å². The molecule has 0 aliphatic carbocycles. The van der Waals surface area contributed by atoms with E-state index in [1.54, 1.807) is 27.7 Å². The van der Waals surface area contributed by atoms with Crippen LogP contribution in [0.2, 0.25) is 0 Å². The van der Waals surface area contributed by atoms with E-state index < -0.39 is 13.2 Å². The first-order valence-corrected chi connectivity index (χ1v) is 8.58. The van der Waals surface area contributed by atoms with Crippen LogP contribution in [0.25, 0.3) is 5.57 Å². The topological polar surface area (TPSA) is 35.5 Å². The quantitative estimate of drug-likeness (QED) is 0.475. The summed E-state index contributed by atoms with van der Waals surface area (Å²) in [6.07, 6.45) is 1.13. The second-order valence-electron chi connectivity index (χ2n) is 4.72. The van der Waals surface area contributed by atoms with Crippen LogP contribution in [0.3, 0.4) is 0 Å². The van der Waals surface area contributed by atoms with Crippen molar-refractivity contribution in [2.75, 3.05) is 13.2 Å². The van der Waals surface area contributed by atoms with Gasteiger partial charge in [-0.25, -0.2) is 4.39 Å². The Bertz CT molecular complexity index is 592. The van der Waals surface area contributed by atoms with Crippen LogP contribution in [0.5, 0.6) is 0 Å². The Hall–Kier alpha value is -1.29. The third-order valence-corrected chi connectivity index (χ3v) is 4.67. The molecule has 0 aliphatic heterocycles. The molecule has 1 rings (SSSR count). The average molecular weight is 330 g/mol. The molecule has 0 fully saturated rings. The molecule has 0 aromatic heterocycles. The van der Waals surface area contributed by atoms with E-state index in [0.717, 1.165) is 11.6 Å². The van der Waals surface area contributed by atoms with Crippen molar-refractivity contribution in [1.29, 1.82) is 0 Å². The number of halogens is 2.